The van der Waals surface area contributed by atoms with Gasteiger partial charge in [-0.15, -0.1) is 0 Å². The highest BCUT2D eigenvalue weighted by atomic mass is 19.4. The van der Waals surface area contributed by atoms with Gasteiger partial charge in [0.05, 0.1) is 23.1 Å². The maximum Gasteiger partial charge on any atom is 0.416 e. The van der Waals surface area contributed by atoms with Crippen molar-refractivity contribution in [2.24, 2.45) is 5.92 Å². The second-order valence-electron chi connectivity index (χ2n) is 6.81. The number of hydrogen-bond acceptors (Lipinski definition) is 3. The van der Waals surface area contributed by atoms with Crippen molar-refractivity contribution >= 4 is 5.78 Å². The van der Waals surface area contributed by atoms with E-state index in [4.69, 9.17) is 0 Å². The molecular formula is C19H12F8O3. The van der Waals surface area contributed by atoms with Gasteiger partial charge in [0.25, 0.3) is 0 Å². The van der Waals surface area contributed by atoms with Crippen LogP contribution in [0.4, 0.5) is 35.1 Å². The third-order valence-corrected chi connectivity index (χ3v) is 5.26. The van der Waals surface area contributed by atoms with Crippen LogP contribution in [0.15, 0.2) is 18.2 Å². The maximum absolute atomic E-state index is 14.3. The molecular weight excluding hydrogens is 428 g/mol. The predicted octanol–water partition coefficient (Wildman–Crippen LogP) is 4.54. The smallest absolute Gasteiger partial charge is 0.387 e. The largest absolute Gasteiger partial charge is 0.416 e. The molecule has 0 heterocycles. The second kappa shape index (κ2) is 7.02. The molecule has 2 aromatic carbocycles. The molecule has 3 rings (SSSR count). The summed E-state index contributed by atoms with van der Waals surface area (Å²) >= 11 is 0. The van der Waals surface area contributed by atoms with E-state index in [0.29, 0.717) is 18.2 Å². The molecule has 2 aromatic rings. The van der Waals surface area contributed by atoms with E-state index in [-0.39, 0.29) is 0 Å². The molecule has 3 nitrogen and oxygen atoms in total. The lowest BCUT2D eigenvalue weighted by Crippen LogP contribution is -2.42. The number of ketones is 1. The first-order valence-corrected chi connectivity index (χ1v) is 8.45. The van der Waals surface area contributed by atoms with E-state index in [0.717, 1.165) is 6.92 Å². The van der Waals surface area contributed by atoms with Crippen LogP contribution in [0.5, 0.6) is 0 Å². The van der Waals surface area contributed by atoms with Gasteiger partial charge in [0, 0.05) is 5.56 Å². The summed E-state index contributed by atoms with van der Waals surface area (Å²) in [6.45, 7) is 1.04. The molecule has 0 saturated carbocycles. The zero-order valence-electron chi connectivity index (χ0n) is 14.9. The minimum atomic E-state index is -4.85. The van der Waals surface area contributed by atoms with E-state index in [2.05, 4.69) is 0 Å². The van der Waals surface area contributed by atoms with Crippen LogP contribution in [0.3, 0.4) is 0 Å². The standard InChI is InChI=1S/C19H12F8O3/c1-2-18(30,9-11(20)13(22)15(24)14(23)12(9)21)10-16(28)7-4-3-6(19(25,26)27)5-8(7)17(10)29/h3-5,10,17,29-30H,2H2,1H3. The summed E-state index contributed by atoms with van der Waals surface area (Å²) in [6, 6.07) is 1.65. The van der Waals surface area contributed by atoms with Crippen molar-refractivity contribution in [2.45, 2.75) is 31.2 Å². The van der Waals surface area contributed by atoms with Crippen LogP contribution in [0.2, 0.25) is 0 Å². The summed E-state index contributed by atoms with van der Waals surface area (Å²) in [6.07, 6.45) is -7.85. The van der Waals surface area contributed by atoms with Gasteiger partial charge in [0.1, 0.15) is 5.60 Å². The molecule has 11 heteroatoms. The minimum absolute atomic E-state index is 0.423. The van der Waals surface area contributed by atoms with Crippen LogP contribution in [-0.4, -0.2) is 16.0 Å². The number of fused-ring (bicyclic) bond motifs is 1. The zero-order valence-corrected chi connectivity index (χ0v) is 14.9. The first-order valence-electron chi connectivity index (χ1n) is 8.45. The number of carbonyl (C=O) groups is 1. The Morgan fingerprint density at radius 3 is 1.90 bits per heavy atom. The van der Waals surface area contributed by atoms with E-state index in [1.54, 1.807) is 0 Å². The quantitative estimate of drug-likeness (QED) is 0.419. The summed E-state index contributed by atoms with van der Waals surface area (Å²) in [5, 5.41) is 21.3. The van der Waals surface area contributed by atoms with Crippen molar-refractivity contribution in [3.05, 3.63) is 69.5 Å². The SMILES string of the molecule is CCC(O)(c1c(F)c(F)c(F)c(F)c1F)C1C(=O)c2ccc(C(F)(F)F)cc2C1O. The lowest BCUT2D eigenvalue weighted by molar-refractivity contribution is -0.137. The fourth-order valence-electron chi connectivity index (χ4n) is 3.71. The third-order valence-electron chi connectivity index (χ3n) is 5.26. The van der Waals surface area contributed by atoms with Crippen molar-refractivity contribution in [3.63, 3.8) is 0 Å². The highest BCUT2D eigenvalue weighted by Crippen LogP contribution is 2.50. The molecule has 2 N–H and O–H groups in total. The van der Waals surface area contributed by atoms with Gasteiger partial charge in [-0.1, -0.05) is 13.0 Å². The molecule has 30 heavy (non-hydrogen) atoms. The van der Waals surface area contributed by atoms with Crippen LogP contribution in [0.1, 0.15) is 46.5 Å². The number of alkyl halides is 3. The lowest BCUT2D eigenvalue weighted by atomic mass is 9.75. The minimum Gasteiger partial charge on any atom is -0.387 e. The Morgan fingerprint density at radius 2 is 1.43 bits per heavy atom. The molecule has 1 aliphatic rings. The number of aliphatic hydroxyl groups is 2. The average Bonchev–Trinajstić information content (AvgIpc) is 2.94. The van der Waals surface area contributed by atoms with E-state index in [1.807, 2.05) is 0 Å². The van der Waals surface area contributed by atoms with Gasteiger partial charge in [-0.3, -0.25) is 4.79 Å². The van der Waals surface area contributed by atoms with Crippen LogP contribution in [-0.2, 0) is 11.8 Å². The summed E-state index contributed by atoms with van der Waals surface area (Å²) in [4.78, 5) is 12.7. The topological polar surface area (TPSA) is 57.5 Å². The Kier molecular flexibility index (Phi) is 5.18. The summed E-state index contributed by atoms with van der Waals surface area (Å²) < 4.78 is 108. The third kappa shape index (κ3) is 2.99. The van der Waals surface area contributed by atoms with Crippen LogP contribution >= 0.6 is 0 Å². The molecule has 0 saturated heterocycles. The maximum atomic E-state index is 14.3. The molecule has 0 bridgehead atoms. The Labute approximate surface area is 163 Å². The number of halogens is 8. The van der Waals surface area contributed by atoms with Crippen molar-refractivity contribution in [1.29, 1.82) is 0 Å². The predicted molar refractivity (Wildman–Crippen MR) is 84.6 cm³/mol. The normalized spacial score (nSPS) is 21.0. The summed E-state index contributed by atoms with van der Waals surface area (Å²) in [5.41, 5.74) is -7.17. The van der Waals surface area contributed by atoms with Crippen molar-refractivity contribution in [1.82, 2.24) is 0 Å². The van der Waals surface area contributed by atoms with Crippen molar-refractivity contribution in [2.75, 3.05) is 0 Å². The first-order chi connectivity index (χ1) is 13.8. The zero-order chi connectivity index (χ0) is 22.8. The lowest BCUT2D eigenvalue weighted by Gasteiger charge is -2.35. The fourth-order valence-corrected chi connectivity index (χ4v) is 3.71. The van der Waals surface area contributed by atoms with Crippen LogP contribution in [0.25, 0.3) is 0 Å². The van der Waals surface area contributed by atoms with Gasteiger partial charge >= 0.3 is 6.18 Å². The number of benzene rings is 2. The van der Waals surface area contributed by atoms with Crippen molar-refractivity contribution < 1.29 is 50.1 Å². The number of rotatable bonds is 3. The molecule has 0 fully saturated rings. The Bertz CT molecular complexity index is 1020. The highest BCUT2D eigenvalue weighted by molar-refractivity contribution is 6.03. The Balaban J connectivity index is 2.22. The average molecular weight is 440 g/mol. The van der Waals surface area contributed by atoms with Gasteiger partial charge in [0.15, 0.2) is 29.1 Å². The summed E-state index contributed by atoms with van der Waals surface area (Å²) in [5.74, 6) is -15.5. The Morgan fingerprint density at radius 1 is 0.933 bits per heavy atom. The molecule has 0 aliphatic heterocycles. The molecule has 0 spiro atoms. The Hall–Kier alpha value is -2.53. The molecule has 0 aromatic heterocycles. The second-order valence-corrected chi connectivity index (χ2v) is 6.81. The van der Waals surface area contributed by atoms with E-state index < -0.39 is 87.3 Å². The van der Waals surface area contributed by atoms with Gasteiger partial charge < -0.3 is 10.2 Å². The molecule has 162 valence electrons. The molecule has 3 unspecified atom stereocenters. The molecule has 0 radical (unpaired) electrons. The van der Waals surface area contributed by atoms with Gasteiger partial charge in [-0.25, -0.2) is 22.0 Å². The molecule has 3 atom stereocenters. The highest BCUT2D eigenvalue weighted by Gasteiger charge is 2.55. The van der Waals surface area contributed by atoms with E-state index in [1.165, 1.54) is 0 Å². The van der Waals surface area contributed by atoms with E-state index >= 15 is 0 Å². The number of aliphatic hydroxyl groups excluding tert-OH is 1. The number of hydrogen-bond donors (Lipinski definition) is 2. The van der Waals surface area contributed by atoms with Gasteiger partial charge in [0.2, 0.25) is 5.82 Å². The fraction of sp³-hybridized carbons (Fsp3) is 0.316. The van der Waals surface area contributed by atoms with Crippen LogP contribution in [0, 0.1) is 35.0 Å². The number of Topliss-reactive ketones (excluding diaryl/α,β-unsaturated/α-hetero) is 1. The molecule has 0 amide bonds. The van der Waals surface area contributed by atoms with E-state index in [9.17, 15) is 50.1 Å². The summed E-state index contributed by atoms with van der Waals surface area (Å²) in [7, 11) is 0. The van der Waals surface area contributed by atoms with Crippen molar-refractivity contribution in [3.8, 4) is 0 Å². The van der Waals surface area contributed by atoms with Gasteiger partial charge in [-0.2, -0.15) is 13.2 Å². The van der Waals surface area contributed by atoms with Crippen LogP contribution < -0.4 is 0 Å². The molecule has 1 aliphatic carbocycles. The van der Waals surface area contributed by atoms with Gasteiger partial charge in [-0.05, 0) is 24.1 Å². The number of carbonyl (C=O) groups excluding carboxylic acids is 1. The monoisotopic (exact) mass is 440 g/mol. The first kappa shape index (κ1) is 22.2.